The average Bonchev–Trinajstić information content (AvgIpc) is 3.45. The minimum atomic E-state index is -1.08. The number of nitrogens with one attached hydrogen (secondary N) is 1. The molecule has 0 fully saturated rings. The first-order chi connectivity index (χ1) is 19.7. The number of nitro groups is 1. The zero-order valence-corrected chi connectivity index (χ0v) is 23.6. The van der Waals surface area contributed by atoms with Crippen LogP contribution in [-0.2, 0) is 9.53 Å². The van der Waals surface area contributed by atoms with Gasteiger partial charge < -0.3 is 19.6 Å². The van der Waals surface area contributed by atoms with Crippen LogP contribution in [0.2, 0.25) is 0 Å². The summed E-state index contributed by atoms with van der Waals surface area (Å²) in [5.74, 6) is -0.0463. The van der Waals surface area contributed by atoms with E-state index in [1.54, 1.807) is 36.4 Å². The topological polar surface area (TPSA) is 132 Å². The van der Waals surface area contributed by atoms with Crippen molar-refractivity contribution in [2.75, 3.05) is 19.1 Å². The Labute approximate surface area is 260 Å². The van der Waals surface area contributed by atoms with Gasteiger partial charge in [-0.2, -0.15) is 11.8 Å². The molecule has 214 valence electrons. The number of rotatable bonds is 12. The van der Waals surface area contributed by atoms with E-state index in [-0.39, 0.29) is 24.5 Å². The molecule has 0 radical (unpaired) electrons. The van der Waals surface area contributed by atoms with Crippen molar-refractivity contribution in [3.63, 3.8) is 0 Å². The maximum atomic E-state index is 13.4. The van der Waals surface area contributed by atoms with Crippen LogP contribution in [0.4, 0.5) is 5.69 Å². The van der Waals surface area contributed by atoms with Crippen molar-refractivity contribution in [1.82, 2.24) is 5.32 Å². The summed E-state index contributed by atoms with van der Waals surface area (Å²) in [6.45, 7) is 1.94. The predicted molar refractivity (Wildman–Crippen MR) is 165 cm³/mol. The van der Waals surface area contributed by atoms with Crippen LogP contribution in [0, 0.1) is 17.0 Å². The fraction of sp³-hybridized carbons (Fsp3) is 0.226. The van der Waals surface area contributed by atoms with E-state index in [0.29, 0.717) is 45.9 Å². The van der Waals surface area contributed by atoms with Crippen molar-refractivity contribution in [3.8, 4) is 22.5 Å². The number of ether oxygens (including phenoxy) is 1. The van der Waals surface area contributed by atoms with Crippen molar-refractivity contribution >= 4 is 48.2 Å². The summed E-state index contributed by atoms with van der Waals surface area (Å²) in [5.41, 5.74) is 3.95. The summed E-state index contributed by atoms with van der Waals surface area (Å²) >= 11 is 1.51. The molecule has 42 heavy (non-hydrogen) atoms. The normalized spacial score (nSPS) is 12.2. The Morgan fingerprint density at radius 2 is 1.81 bits per heavy atom. The molecule has 2 unspecified atom stereocenters. The molecule has 9 nitrogen and oxygen atoms in total. The molecule has 2 atom stereocenters. The van der Waals surface area contributed by atoms with Gasteiger partial charge in [-0.15, -0.1) is 0 Å². The quantitative estimate of drug-likeness (QED) is 0.121. The van der Waals surface area contributed by atoms with Crippen molar-refractivity contribution in [2.45, 2.75) is 25.5 Å². The molecule has 0 saturated carbocycles. The van der Waals surface area contributed by atoms with Gasteiger partial charge in [0.2, 0.25) is 0 Å². The summed E-state index contributed by atoms with van der Waals surface area (Å²) in [7, 11) is 1.54. The van der Waals surface area contributed by atoms with Crippen LogP contribution >= 0.6 is 11.8 Å². The van der Waals surface area contributed by atoms with Crippen LogP contribution in [0.5, 0.6) is 0 Å². The van der Waals surface area contributed by atoms with Gasteiger partial charge in [-0.25, -0.2) is 4.79 Å². The number of amides is 1. The van der Waals surface area contributed by atoms with E-state index in [2.05, 4.69) is 5.32 Å². The number of nitro benzene ring substituents is 1. The van der Waals surface area contributed by atoms with Gasteiger partial charge in [-0.1, -0.05) is 42.5 Å². The Hall–Kier alpha value is -3.81. The SMILES string of the molecule is COC(c1ccc(C(=O)NC(CCSC)C(=O)O)c(-c2ccccc2C)c1)c1ccc(-c2cccc([N+](=O)[O-])c2)o1.[LiH]. The minimum absolute atomic E-state index is 0. The van der Waals surface area contributed by atoms with E-state index in [4.69, 9.17) is 9.15 Å². The van der Waals surface area contributed by atoms with E-state index in [0.717, 1.165) is 11.1 Å². The third-order valence-electron chi connectivity index (χ3n) is 6.70. The second-order valence-electron chi connectivity index (χ2n) is 9.39. The number of aliphatic carboxylic acids is 1. The Morgan fingerprint density at radius 1 is 1.05 bits per heavy atom. The predicted octanol–water partition coefficient (Wildman–Crippen LogP) is 5.85. The monoisotopic (exact) mass is 582 g/mol. The van der Waals surface area contributed by atoms with Crippen LogP contribution in [-0.4, -0.2) is 65.9 Å². The fourth-order valence-corrected chi connectivity index (χ4v) is 5.06. The molecule has 0 aliphatic carbocycles. The number of hydrogen-bond acceptors (Lipinski definition) is 7. The molecule has 1 aromatic heterocycles. The molecule has 0 bridgehead atoms. The summed E-state index contributed by atoms with van der Waals surface area (Å²) < 4.78 is 11.9. The zero-order chi connectivity index (χ0) is 29.5. The number of hydrogen-bond donors (Lipinski definition) is 2. The first-order valence-corrected chi connectivity index (χ1v) is 14.2. The summed E-state index contributed by atoms with van der Waals surface area (Å²) in [6, 6.07) is 21.5. The standard InChI is InChI=1S/C31H30N2O7S.Li.H/c1-19-7-4-5-10-23(19)25-18-21(11-12-24(25)30(34)32-26(31(35)36)15-16-41-3)29(39-2)28-14-13-27(40-28)20-8-6-9-22(17-20)33(37)38;;/h4-14,17-18,26,29H,15-16H2,1-3H3,(H,32,34)(H,35,36);;. The molecule has 4 aromatic rings. The molecule has 0 aliphatic rings. The summed E-state index contributed by atoms with van der Waals surface area (Å²) in [5, 5.41) is 23.5. The fourth-order valence-electron chi connectivity index (χ4n) is 4.59. The molecule has 0 saturated heterocycles. The molecule has 4 rings (SSSR count). The molecular formula is C31H31LiN2O7S. The van der Waals surface area contributed by atoms with E-state index in [1.807, 2.05) is 43.5 Å². The third-order valence-corrected chi connectivity index (χ3v) is 7.35. The van der Waals surface area contributed by atoms with Gasteiger partial charge in [-0.3, -0.25) is 14.9 Å². The zero-order valence-electron chi connectivity index (χ0n) is 22.8. The van der Waals surface area contributed by atoms with Gasteiger partial charge in [0, 0.05) is 30.4 Å². The number of benzene rings is 3. The number of methoxy groups -OCH3 is 1. The second kappa shape index (κ2) is 14.9. The Balaban J connectivity index is 0.00000484. The molecule has 11 heteroatoms. The van der Waals surface area contributed by atoms with Gasteiger partial charge in [0.25, 0.3) is 11.6 Å². The molecule has 1 heterocycles. The van der Waals surface area contributed by atoms with E-state index in [9.17, 15) is 24.8 Å². The Bertz CT molecular complexity index is 1570. The third kappa shape index (κ3) is 7.52. The number of carboxylic acids is 1. The van der Waals surface area contributed by atoms with Crippen LogP contribution in [0.15, 0.2) is 83.3 Å². The van der Waals surface area contributed by atoms with E-state index >= 15 is 0 Å². The van der Waals surface area contributed by atoms with E-state index < -0.39 is 28.9 Å². The summed E-state index contributed by atoms with van der Waals surface area (Å²) in [6.07, 6.45) is 1.54. The molecule has 3 aromatic carbocycles. The van der Waals surface area contributed by atoms with Crippen molar-refractivity contribution in [3.05, 3.63) is 111 Å². The van der Waals surface area contributed by atoms with Crippen LogP contribution in [0.3, 0.4) is 0 Å². The molecule has 0 aliphatic heterocycles. The van der Waals surface area contributed by atoms with Crippen molar-refractivity contribution in [2.24, 2.45) is 0 Å². The molecule has 1 amide bonds. The molecular weight excluding hydrogens is 551 g/mol. The number of non-ortho nitro benzene ring substituents is 1. The molecule has 2 N–H and O–H groups in total. The number of furan rings is 1. The van der Waals surface area contributed by atoms with Gasteiger partial charge in [0.1, 0.15) is 23.7 Å². The van der Waals surface area contributed by atoms with Crippen molar-refractivity contribution in [1.29, 1.82) is 0 Å². The summed E-state index contributed by atoms with van der Waals surface area (Å²) in [4.78, 5) is 35.9. The number of carbonyl (C=O) groups is 2. The first kappa shape index (κ1) is 32.7. The maximum absolute atomic E-state index is 13.4. The van der Waals surface area contributed by atoms with Gasteiger partial charge in [0.05, 0.1) is 4.92 Å². The van der Waals surface area contributed by atoms with Crippen LogP contribution < -0.4 is 5.32 Å². The van der Waals surface area contributed by atoms with Crippen molar-refractivity contribution < 1.29 is 28.8 Å². The number of carboxylic acid groups (broad SMARTS) is 1. The number of carbonyl (C=O) groups excluding carboxylic acids is 1. The Morgan fingerprint density at radius 3 is 2.48 bits per heavy atom. The van der Waals surface area contributed by atoms with Crippen LogP contribution in [0.1, 0.15) is 39.8 Å². The van der Waals surface area contributed by atoms with Crippen LogP contribution in [0.25, 0.3) is 22.5 Å². The van der Waals surface area contributed by atoms with Gasteiger partial charge >= 0.3 is 24.8 Å². The number of aryl methyl sites for hydroxylation is 1. The number of thioether (sulfide) groups is 1. The first-order valence-electron chi connectivity index (χ1n) is 12.8. The van der Waals surface area contributed by atoms with Gasteiger partial charge in [0.15, 0.2) is 0 Å². The van der Waals surface area contributed by atoms with E-state index in [1.165, 1.54) is 31.0 Å². The average molecular weight is 583 g/mol. The Kier molecular flexibility index (Phi) is 11.6. The second-order valence-corrected chi connectivity index (χ2v) is 10.4. The number of nitrogens with zero attached hydrogens (tertiary/aromatic N) is 1. The molecule has 0 spiro atoms. The van der Waals surface area contributed by atoms with Gasteiger partial charge in [-0.05, 0) is 71.9 Å².